The molecule has 0 amide bonds. The fraction of sp³-hybridized carbons (Fsp3) is 0.500. The van der Waals surface area contributed by atoms with Gasteiger partial charge in [0, 0.05) is 13.1 Å². The van der Waals surface area contributed by atoms with Gasteiger partial charge in [0.25, 0.3) is 0 Å². The molecule has 1 saturated heterocycles. The third-order valence-corrected chi connectivity index (χ3v) is 4.80. The number of halogens is 1. The van der Waals surface area contributed by atoms with Crippen LogP contribution in [0.5, 0.6) is 0 Å². The molecule has 7 heteroatoms. The highest BCUT2D eigenvalue weighted by molar-refractivity contribution is 7.89. The summed E-state index contributed by atoms with van der Waals surface area (Å²) in [5.41, 5.74) is 5.64. The van der Waals surface area contributed by atoms with E-state index in [1.165, 1.54) is 6.07 Å². The highest BCUT2D eigenvalue weighted by Gasteiger charge is 2.23. The molecule has 19 heavy (non-hydrogen) atoms. The number of nitrogens with zero attached hydrogens (tertiary/aromatic N) is 1. The van der Waals surface area contributed by atoms with Crippen LogP contribution in [0.3, 0.4) is 0 Å². The minimum absolute atomic E-state index is 0.0532. The van der Waals surface area contributed by atoms with Crippen LogP contribution in [-0.2, 0) is 10.0 Å². The Morgan fingerprint density at radius 1 is 1.53 bits per heavy atom. The average Bonchev–Trinajstić information content (AvgIpc) is 2.76. The van der Waals surface area contributed by atoms with E-state index in [2.05, 4.69) is 9.62 Å². The van der Waals surface area contributed by atoms with Gasteiger partial charge in [-0.2, -0.15) is 0 Å². The van der Waals surface area contributed by atoms with Gasteiger partial charge in [0.15, 0.2) is 0 Å². The fourth-order valence-electron chi connectivity index (χ4n) is 2.24. The van der Waals surface area contributed by atoms with Crippen LogP contribution >= 0.6 is 0 Å². The number of likely N-dealkylation sites (tertiary alicyclic amines) is 1. The summed E-state index contributed by atoms with van der Waals surface area (Å²) in [6, 6.07) is 3.34. The van der Waals surface area contributed by atoms with E-state index in [-0.39, 0.29) is 16.5 Å². The minimum Gasteiger partial charge on any atom is -0.398 e. The number of sulfonamides is 1. The van der Waals surface area contributed by atoms with Crippen LogP contribution in [0.2, 0.25) is 0 Å². The van der Waals surface area contributed by atoms with Crippen LogP contribution in [0.25, 0.3) is 0 Å². The number of rotatable bonds is 4. The number of anilines is 1. The molecule has 1 unspecified atom stereocenters. The first kappa shape index (κ1) is 14.2. The van der Waals surface area contributed by atoms with E-state index < -0.39 is 15.8 Å². The van der Waals surface area contributed by atoms with Crippen molar-refractivity contribution >= 4 is 15.7 Å². The van der Waals surface area contributed by atoms with E-state index >= 15 is 0 Å². The third kappa shape index (κ3) is 3.43. The van der Waals surface area contributed by atoms with E-state index in [1.807, 2.05) is 7.05 Å². The topological polar surface area (TPSA) is 75.4 Å². The first-order valence-electron chi connectivity index (χ1n) is 6.12. The van der Waals surface area contributed by atoms with Crippen molar-refractivity contribution in [3.05, 3.63) is 24.0 Å². The lowest BCUT2D eigenvalue weighted by Crippen LogP contribution is -2.31. The zero-order valence-electron chi connectivity index (χ0n) is 10.8. The zero-order chi connectivity index (χ0) is 14.0. The number of hydrogen-bond donors (Lipinski definition) is 2. The molecule has 1 aliphatic rings. The molecule has 1 aromatic rings. The Hall–Kier alpha value is -1.18. The smallest absolute Gasteiger partial charge is 0.242 e. The van der Waals surface area contributed by atoms with Gasteiger partial charge in [-0.25, -0.2) is 17.5 Å². The van der Waals surface area contributed by atoms with Crippen molar-refractivity contribution in [3.63, 3.8) is 0 Å². The SMILES string of the molecule is CN1CCC(CNS(=O)(=O)c2cc(F)ccc2N)C1. The Labute approximate surface area is 112 Å². The average molecular weight is 287 g/mol. The van der Waals surface area contributed by atoms with Crippen LogP contribution in [0, 0.1) is 11.7 Å². The Morgan fingerprint density at radius 3 is 2.89 bits per heavy atom. The predicted octanol–water partition coefficient (Wildman–Crippen LogP) is 0.638. The standard InChI is InChI=1S/C12H18FN3O2S/c1-16-5-4-9(8-16)7-15-19(17,18)12-6-10(13)2-3-11(12)14/h2-3,6,9,15H,4-5,7-8,14H2,1H3. The lowest BCUT2D eigenvalue weighted by atomic mass is 10.1. The molecular formula is C12H18FN3O2S. The highest BCUT2D eigenvalue weighted by atomic mass is 32.2. The quantitative estimate of drug-likeness (QED) is 0.797. The summed E-state index contributed by atoms with van der Waals surface area (Å²) in [5.74, 6) is -0.329. The number of nitrogens with two attached hydrogens (primary N) is 1. The molecule has 1 atom stereocenters. The van der Waals surface area contributed by atoms with Gasteiger partial charge >= 0.3 is 0 Å². The van der Waals surface area contributed by atoms with Gasteiger partial charge in [0.1, 0.15) is 10.7 Å². The van der Waals surface area contributed by atoms with Crippen LogP contribution < -0.4 is 10.5 Å². The van der Waals surface area contributed by atoms with E-state index in [4.69, 9.17) is 5.73 Å². The first-order chi connectivity index (χ1) is 8.88. The van der Waals surface area contributed by atoms with Crippen LogP contribution in [0.4, 0.5) is 10.1 Å². The van der Waals surface area contributed by atoms with Gasteiger partial charge < -0.3 is 10.6 Å². The molecule has 0 aromatic heterocycles. The monoisotopic (exact) mass is 287 g/mol. The molecule has 0 bridgehead atoms. The lowest BCUT2D eigenvalue weighted by molar-refractivity contribution is 0.394. The van der Waals surface area contributed by atoms with Crippen molar-refractivity contribution < 1.29 is 12.8 Å². The number of benzene rings is 1. The second-order valence-corrected chi connectivity index (χ2v) is 6.69. The van der Waals surface area contributed by atoms with Gasteiger partial charge in [0.05, 0.1) is 5.69 Å². The van der Waals surface area contributed by atoms with Gasteiger partial charge in [0.2, 0.25) is 10.0 Å². The number of nitrogens with one attached hydrogen (secondary N) is 1. The summed E-state index contributed by atoms with van der Waals surface area (Å²) in [6.45, 7) is 2.18. The molecule has 1 aliphatic heterocycles. The van der Waals surface area contributed by atoms with Gasteiger partial charge in [-0.3, -0.25) is 0 Å². The van der Waals surface area contributed by atoms with Crippen molar-refractivity contribution in [1.29, 1.82) is 0 Å². The molecule has 0 saturated carbocycles. The van der Waals surface area contributed by atoms with Crippen LogP contribution in [0.15, 0.2) is 23.1 Å². The summed E-state index contributed by atoms with van der Waals surface area (Å²) in [6.07, 6.45) is 0.956. The Balaban J connectivity index is 2.08. The van der Waals surface area contributed by atoms with E-state index in [1.54, 1.807) is 0 Å². The summed E-state index contributed by atoms with van der Waals surface area (Å²) >= 11 is 0. The molecule has 1 aromatic carbocycles. The Morgan fingerprint density at radius 2 is 2.26 bits per heavy atom. The van der Waals surface area contributed by atoms with Crippen molar-refractivity contribution in [2.24, 2.45) is 5.92 Å². The molecule has 1 fully saturated rings. The molecule has 106 valence electrons. The molecule has 2 rings (SSSR count). The summed E-state index contributed by atoms with van der Waals surface area (Å²) in [4.78, 5) is 1.95. The van der Waals surface area contributed by atoms with E-state index in [9.17, 15) is 12.8 Å². The molecule has 1 heterocycles. The van der Waals surface area contributed by atoms with Crippen LogP contribution in [-0.4, -0.2) is 40.0 Å². The van der Waals surface area contributed by atoms with Crippen molar-refractivity contribution in [1.82, 2.24) is 9.62 Å². The summed E-state index contributed by atoms with van der Waals surface area (Å²) in [7, 11) is -1.75. The van der Waals surface area contributed by atoms with Crippen LogP contribution in [0.1, 0.15) is 6.42 Å². The van der Waals surface area contributed by atoms with Gasteiger partial charge in [-0.1, -0.05) is 0 Å². The second kappa shape index (κ2) is 5.44. The molecular weight excluding hydrogens is 269 g/mol. The van der Waals surface area contributed by atoms with E-state index in [0.29, 0.717) is 6.54 Å². The number of hydrogen-bond acceptors (Lipinski definition) is 4. The summed E-state index contributed by atoms with van der Waals surface area (Å²) < 4.78 is 39.8. The van der Waals surface area contributed by atoms with Gasteiger partial charge in [-0.05, 0) is 44.1 Å². The second-order valence-electron chi connectivity index (χ2n) is 4.95. The largest absolute Gasteiger partial charge is 0.398 e. The summed E-state index contributed by atoms with van der Waals surface area (Å²) in [5, 5.41) is 0. The molecule has 5 nitrogen and oxygen atoms in total. The molecule has 0 spiro atoms. The fourth-order valence-corrected chi connectivity index (χ4v) is 3.50. The lowest BCUT2D eigenvalue weighted by Gasteiger charge is -2.13. The Bertz CT molecular complexity index is 562. The van der Waals surface area contributed by atoms with E-state index in [0.717, 1.165) is 31.6 Å². The maximum absolute atomic E-state index is 13.1. The third-order valence-electron chi connectivity index (χ3n) is 3.32. The van der Waals surface area contributed by atoms with Gasteiger partial charge in [-0.15, -0.1) is 0 Å². The molecule has 0 aliphatic carbocycles. The minimum atomic E-state index is -3.75. The van der Waals surface area contributed by atoms with Crippen molar-refractivity contribution in [2.75, 3.05) is 32.4 Å². The van der Waals surface area contributed by atoms with Crippen molar-refractivity contribution in [3.8, 4) is 0 Å². The maximum atomic E-state index is 13.1. The zero-order valence-corrected chi connectivity index (χ0v) is 11.6. The molecule has 3 N–H and O–H groups in total. The van der Waals surface area contributed by atoms with Crippen molar-refractivity contribution in [2.45, 2.75) is 11.3 Å². The Kier molecular flexibility index (Phi) is 4.07. The maximum Gasteiger partial charge on any atom is 0.242 e. The number of nitrogen functional groups attached to an aromatic ring is 1. The molecule has 0 radical (unpaired) electrons. The predicted molar refractivity (Wildman–Crippen MR) is 71.6 cm³/mol. The highest BCUT2D eigenvalue weighted by Crippen LogP contribution is 2.20. The first-order valence-corrected chi connectivity index (χ1v) is 7.60. The normalized spacial score (nSPS) is 20.8.